The fourth-order valence-electron chi connectivity index (χ4n) is 2.20. The molecule has 0 heterocycles. The number of hydrogen-bond acceptors (Lipinski definition) is 4. The van der Waals surface area contributed by atoms with Crippen molar-refractivity contribution in [2.75, 3.05) is 35.3 Å². The molecule has 0 bridgehead atoms. The summed E-state index contributed by atoms with van der Waals surface area (Å²) in [6.07, 6.45) is 1.05. The van der Waals surface area contributed by atoms with Crippen LogP contribution in [-0.4, -0.2) is 34.7 Å². The molecule has 1 amide bonds. The van der Waals surface area contributed by atoms with E-state index in [1.807, 2.05) is 14.1 Å². The summed E-state index contributed by atoms with van der Waals surface area (Å²) in [4.78, 5) is 14.3. The van der Waals surface area contributed by atoms with Crippen LogP contribution in [0.3, 0.4) is 0 Å². The van der Waals surface area contributed by atoms with Gasteiger partial charge in [0.2, 0.25) is 10.0 Å². The Hall–Kier alpha value is -2.25. The molecule has 2 N–H and O–H groups in total. The van der Waals surface area contributed by atoms with Crippen LogP contribution in [0.5, 0.6) is 0 Å². The second-order valence-electron chi connectivity index (χ2n) is 5.44. The first-order valence-electron chi connectivity index (χ1n) is 7.02. The number of nitrogens with one attached hydrogen (secondary N) is 2. The van der Waals surface area contributed by atoms with Crippen LogP contribution < -0.4 is 14.9 Å². The van der Waals surface area contributed by atoms with E-state index in [0.29, 0.717) is 27.6 Å². The fraction of sp³-hybridized carbons (Fsp3) is 0.188. The van der Waals surface area contributed by atoms with E-state index in [2.05, 4.69) is 10.0 Å². The molecule has 8 heteroatoms. The van der Waals surface area contributed by atoms with Crippen LogP contribution in [0.2, 0.25) is 5.02 Å². The second-order valence-corrected chi connectivity index (χ2v) is 7.60. The van der Waals surface area contributed by atoms with Crippen molar-refractivity contribution >= 4 is 44.6 Å². The van der Waals surface area contributed by atoms with E-state index in [-0.39, 0.29) is 5.91 Å². The number of sulfonamides is 1. The van der Waals surface area contributed by atoms with Crippen molar-refractivity contribution in [3.8, 4) is 0 Å². The van der Waals surface area contributed by atoms with Crippen LogP contribution in [0, 0.1) is 0 Å². The van der Waals surface area contributed by atoms with Crippen LogP contribution in [0.1, 0.15) is 10.4 Å². The molecular weight excluding hydrogens is 350 g/mol. The lowest BCUT2D eigenvalue weighted by molar-refractivity contribution is 0.102. The summed E-state index contributed by atoms with van der Waals surface area (Å²) < 4.78 is 24.9. The van der Waals surface area contributed by atoms with Gasteiger partial charge < -0.3 is 10.2 Å². The Labute approximate surface area is 146 Å². The van der Waals surface area contributed by atoms with Gasteiger partial charge in [-0.1, -0.05) is 23.7 Å². The van der Waals surface area contributed by atoms with Crippen LogP contribution in [0.15, 0.2) is 42.5 Å². The topological polar surface area (TPSA) is 78.5 Å². The average Bonchev–Trinajstić information content (AvgIpc) is 2.45. The summed E-state index contributed by atoms with van der Waals surface area (Å²) in [7, 11) is 0.246. The molecule has 0 aromatic heterocycles. The van der Waals surface area contributed by atoms with Gasteiger partial charge in [0.05, 0.1) is 22.7 Å². The largest absolute Gasteiger partial charge is 0.375 e. The van der Waals surface area contributed by atoms with Crippen LogP contribution >= 0.6 is 11.6 Å². The standard InChI is InChI=1S/C16H18ClN3O3S/c1-20(2)15-13(17)8-5-9-14(15)18-16(21)11-6-4-7-12(10-11)19-24(3,22)23/h4-10,19H,1-3H3,(H,18,21). The van der Waals surface area contributed by atoms with E-state index in [9.17, 15) is 13.2 Å². The number of anilines is 3. The molecule has 0 fully saturated rings. The average molecular weight is 368 g/mol. The molecule has 0 radical (unpaired) electrons. The third kappa shape index (κ3) is 4.62. The van der Waals surface area contributed by atoms with E-state index >= 15 is 0 Å². The van der Waals surface area contributed by atoms with E-state index < -0.39 is 10.0 Å². The number of halogens is 1. The van der Waals surface area contributed by atoms with Crippen molar-refractivity contribution in [1.82, 2.24) is 0 Å². The quantitative estimate of drug-likeness (QED) is 0.851. The highest BCUT2D eigenvalue weighted by Gasteiger charge is 2.14. The maximum Gasteiger partial charge on any atom is 0.255 e. The number of amides is 1. The molecule has 0 saturated carbocycles. The Balaban J connectivity index is 2.28. The lowest BCUT2D eigenvalue weighted by atomic mass is 10.1. The zero-order chi connectivity index (χ0) is 17.9. The molecule has 128 valence electrons. The smallest absolute Gasteiger partial charge is 0.255 e. The zero-order valence-electron chi connectivity index (χ0n) is 13.5. The van der Waals surface area contributed by atoms with Gasteiger partial charge in [-0.05, 0) is 30.3 Å². The molecule has 24 heavy (non-hydrogen) atoms. The van der Waals surface area contributed by atoms with Crippen molar-refractivity contribution in [3.05, 3.63) is 53.1 Å². The molecule has 0 aliphatic carbocycles. The molecule has 0 unspecified atom stereocenters. The molecule has 0 spiro atoms. The van der Waals surface area contributed by atoms with Gasteiger partial charge in [-0.15, -0.1) is 0 Å². The van der Waals surface area contributed by atoms with Crippen molar-refractivity contribution in [2.24, 2.45) is 0 Å². The van der Waals surface area contributed by atoms with Gasteiger partial charge in [-0.2, -0.15) is 0 Å². The second kappa shape index (κ2) is 7.11. The van der Waals surface area contributed by atoms with E-state index in [1.54, 1.807) is 41.3 Å². The van der Waals surface area contributed by atoms with Gasteiger partial charge in [0, 0.05) is 25.3 Å². The van der Waals surface area contributed by atoms with Gasteiger partial charge in [-0.3, -0.25) is 9.52 Å². The molecule has 2 aromatic rings. The third-order valence-corrected chi connectivity index (χ3v) is 4.02. The van der Waals surface area contributed by atoms with E-state index in [1.165, 1.54) is 6.07 Å². The highest BCUT2D eigenvalue weighted by atomic mass is 35.5. The number of hydrogen-bond donors (Lipinski definition) is 2. The Morgan fingerprint density at radius 1 is 1.12 bits per heavy atom. The Bertz CT molecular complexity index is 867. The normalized spacial score (nSPS) is 11.0. The summed E-state index contributed by atoms with van der Waals surface area (Å²) in [5.74, 6) is -0.363. The predicted molar refractivity (Wildman–Crippen MR) is 98.6 cm³/mol. The SMILES string of the molecule is CN(C)c1c(Cl)cccc1NC(=O)c1cccc(NS(C)(=O)=O)c1. The minimum Gasteiger partial charge on any atom is -0.375 e. The molecule has 0 aliphatic heterocycles. The van der Waals surface area contributed by atoms with Gasteiger partial charge in [0.25, 0.3) is 5.91 Å². The number of rotatable bonds is 5. The predicted octanol–water partition coefficient (Wildman–Crippen LogP) is 3.03. The van der Waals surface area contributed by atoms with E-state index in [4.69, 9.17) is 11.6 Å². The molecule has 2 aromatic carbocycles. The summed E-state index contributed by atoms with van der Waals surface area (Å²) >= 11 is 6.18. The Morgan fingerprint density at radius 3 is 2.42 bits per heavy atom. The van der Waals surface area contributed by atoms with Gasteiger partial charge in [-0.25, -0.2) is 8.42 Å². The minimum absolute atomic E-state index is 0.323. The monoisotopic (exact) mass is 367 g/mol. The minimum atomic E-state index is -3.41. The maximum absolute atomic E-state index is 12.5. The molecule has 6 nitrogen and oxygen atoms in total. The first kappa shape index (κ1) is 18.1. The number of benzene rings is 2. The Kier molecular flexibility index (Phi) is 5.36. The number of carbonyl (C=O) groups excluding carboxylic acids is 1. The van der Waals surface area contributed by atoms with Gasteiger partial charge in [0.1, 0.15) is 0 Å². The van der Waals surface area contributed by atoms with Crippen molar-refractivity contribution < 1.29 is 13.2 Å². The zero-order valence-corrected chi connectivity index (χ0v) is 15.1. The summed E-state index contributed by atoms with van der Waals surface area (Å²) in [5.41, 5.74) is 1.91. The highest BCUT2D eigenvalue weighted by Crippen LogP contribution is 2.32. The number of carbonyl (C=O) groups is 1. The van der Waals surface area contributed by atoms with Crippen molar-refractivity contribution in [2.45, 2.75) is 0 Å². The molecule has 0 atom stereocenters. The molecule has 2 rings (SSSR count). The lowest BCUT2D eigenvalue weighted by Crippen LogP contribution is -2.17. The van der Waals surface area contributed by atoms with Crippen LogP contribution in [0.4, 0.5) is 17.1 Å². The van der Waals surface area contributed by atoms with Gasteiger partial charge in [0.15, 0.2) is 0 Å². The molecular formula is C16H18ClN3O3S. The Morgan fingerprint density at radius 2 is 1.79 bits per heavy atom. The first-order valence-corrected chi connectivity index (χ1v) is 9.29. The molecule has 0 aliphatic rings. The van der Waals surface area contributed by atoms with Gasteiger partial charge >= 0.3 is 0 Å². The first-order chi connectivity index (χ1) is 11.2. The summed E-state index contributed by atoms with van der Waals surface area (Å²) in [5, 5.41) is 3.32. The van der Waals surface area contributed by atoms with Crippen LogP contribution in [0.25, 0.3) is 0 Å². The highest BCUT2D eigenvalue weighted by molar-refractivity contribution is 7.92. The summed E-state index contributed by atoms with van der Waals surface area (Å²) in [6, 6.07) is 11.5. The van der Waals surface area contributed by atoms with Crippen LogP contribution in [-0.2, 0) is 10.0 Å². The molecule has 0 saturated heterocycles. The lowest BCUT2D eigenvalue weighted by Gasteiger charge is -2.19. The van der Waals surface area contributed by atoms with Crippen molar-refractivity contribution in [1.29, 1.82) is 0 Å². The third-order valence-electron chi connectivity index (χ3n) is 3.11. The van der Waals surface area contributed by atoms with E-state index in [0.717, 1.165) is 6.26 Å². The fourth-order valence-corrected chi connectivity index (χ4v) is 3.10. The van der Waals surface area contributed by atoms with Crippen molar-refractivity contribution in [3.63, 3.8) is 0 Å². The maximum atomic E-state index is 12.5. The number of nitrogens with zero attached hydrogens (tertiary/aromatic N) is 1. The summed E-state index contributed by atoms with van der Waals surface area (Å²) in [6.45, 7) is 0. The number of para-hydroxylation sites is 1.